The van der Waals surface area contributed by atoms with E-state index in [0.717, 1.165) is 42.0 Å². The van der Waals surface area contributed by atoms with Crippen molar-refractivity contribution in [1.29, 1.82) is 0 Å². The topological polar surface area (TPSA) is 78.8 Å². The molecule has 0 aromatic heterocycles. The summed E-state index contributed by atoms with van der Waals surface area (Å²) in [4.78, 5) is 17.0. The number of carbonyl (C=O) groups is 1. The van der Waals surface area contributed by atoms with E-state index in [4.69, 9.17) is 21.7 Å². The maximum absolute atomic E-state index is 12.7. The zero-order chi connectivity index (χ0) is 24.9. The van der Waals surface area contributed by atoms with E-state index in [2.05, 4.69) is 27.5 Å². The van der Waals surface area contributed by atoms with Crippen LogP contribution in [0.3, 0.4) is 0 Å². The van der Waals surface area contributed by atoms with Gasteiger partial charge in [-0.2, -0.15) is 10.2 Å². The number of nitrogens with one attached hydrogen (secondary N) is 1. The maximum Gasteiger partial charge on any atom is 0.314 e. The zero-order valence-corrected chi connectivity index (χ0v) is 21.5. The van der Waals surface area contributed by atoms with E-state index < -0.39 is 0 Å². The summed E-state index contributed by atoms with van der Waals surface area (Å²) in [5, 5.41) is 12.0. The van der Waals surface area contributed by atoms with Crippen molar-refractivity contribution in [2.24, 2.45) is 16.1 Å². The number of fused-ring (bicyclic) bond motifs is 2. The third kappa shape index (κ3) is 5.97. The molecule has 2 aromatic carbocycles. The zero-order valence-electron chi connectivity index (χ0n) is 20.7. The van der Waals surface area contributed by atoms with E-state index in [0.29, 0.717) is 12.6 Å². The van der Waals surface area contributed by atoms with Gasteiger partial charge in [0.2, 0.25) is 0 Å². The Morgan fingerprint density at radius 1 is 1.09 bits per heavy atom. The van der Waals surface area contributed by atoms with Gasteiger partial charge in [-0.1, -0.05) is 0 Å². The summed E-state index contributed by atoms with van der Waals surface area (Å²) in [6.45, 7) is 2.18. The van der Waals surface area contributed by atoms with Gasteiger partial charge in [0.1, 0.15) is 12.0 Å². The van der Waals surface area contributed by atoms with Crippen LogP contribution in [0.1, 0.15) is 26.2 Å². The summed E-state index contributed by atoms with van der Waals surface area (Å²) >= 11 is 5.48. The SMILES string of the molecule is CCOC(=O)[C@@H]1[C@H](OC(=S)Nc2ccc(N=Nc3ccc(N(C)C)cc3)cc2)C[C@H]2CC[C@@H]1N2C. The Morgan fingerprint density at radius 2 is 1.71 bits per heavy atom. The average molecular weight is 496 g/mol. The minimum absolute atomic E-state index is 0.129. The molecule has 0 saturated carbocycles. The Bertz CT molecular complexity index is 1060. The number of nitrogens with zero attached hydrogens (tertiary/aromatic N) is 4. The van der Waals surface area contributed by atoms with Crippen LogP contribution < -0.4 is 10.2 Å². The highest BCUT2D eigenvalue weighted by Gasteiger charge is 2.50. The van der Waals surface area contributed by atoms with Crippen LogP contribution in [0.2, 0.25) is 0 Å². The van der Waals surface area contributed by atoms with Crippen molar-refractivity contribution >= 4 is 46.1 Å². The molecule has 4 atom stereocenters. The number of rotatable bonds is 7. The molecule has 2 fully saturated rings. The van der Waals surface area contributed by atoms with E-state index in [1.165, 1.54) is 0 Å². The molecule has 2 saturated heterocycles. The second kappa shape index (κ2) is 11.1. The van der Waals surface area contributed by atoms with Crippen molar-refractivity contribution in [3.05, 3.63) is 48.5 Å². The summed E-state index contributed by atoms with van der Waals surface area (Å²) in [6, 6.07) is 15.9. The van der Waals surface area contributed by atoms with Crippen LogP contribution in [0, 0.1) is 5.92 Å². The third-order valence-corrected chi connectivity index (χ3v) is 6.99. The van der Waals surface area contributed by atoms with Gasteiger partial charge in [-0.15, -0.1) is 0 Å². The van der Waals surface area contributed by atoms with Gasteiger partial charge >= 0.3 is 5.97 Å². The van der Waals surface area contributed by atoms with Gasteiger partial charge in [0.05, 0.1) is 18.0 Å². The molecule has 0 amide bonds. The number of piperidine rings is 1. The number of carbonyl (C=O) groups excluding carboxylic acids is 1. The summed E-state index contributed by atoms with van der Waals surface area (Å²) in [5.74, 6) is -0.545. The molecule has 0 unspecified atom stereocenters. The fourth-order valence-corrected chi connectivity index (χ4v) is 5.16. The molecular formula is C26H33N5O3S. The normalized spacial score (nSPS) is 23.8. The van der Waals surface area contributed by atoms with Gasteiger partial charge in [-0.25, -0.2) is 0 Å². The lowest BCUT2D eigenvalue weighted by molar-refractivity contribution is -0.157. The van der Waals surface area contributed by atoms with Crippen LogP contribution in [0.4, 0.5) is 22.7 Å². The van der Waals surface area contributed by atoms with Gasteiger partial charge in [-0.05, 0) is 87.6 Å². The minimum Gasteiger partial charge on any atom is -0.466 e. The van der Waals surface area contributed by atoms with Crippen molar-refractivity contribution < 1.29 is 14.3 Å². The third-order valence-electron chi connectivity index (χ3n) is 6.79. The average Bonchev–Trinajstić information content (AvgIpc) is 3.07. The largest absolute Gasteiger partial charge is 0.466 e. The van der Waals surface area contributed by atoms with Crippen LogP contribution in [0.25, 0.3) is 0 Å². The molecule has 2 aliphatic heterocycles. The predicted molar refractivity (Wildman–Crippen MR) is 142 cm³/mol. The Morgan fingerprint density at radius 3 is 2.31 bits per heavy atom. The summed E-state index contributed by atoms with van der Waals surface area (Å²) in [6.07, 6.45) is 2.50. The highest BCUT2D eigenvalue weighted by molar-refractivity contribution is 7.80. The van der Waals surface area contributed by atoms with Crippen molar-refractivity contribution in [1.82, 2.24) is 4.90 Å². The molecule has 186 valence electrons. The lowest BCUT2D eigenvalue weighted by atomic mass is 9.87. The number of esters is 1. The molecular weight excluding hydrogens is 462 g/mol. The smallest absolute Gasteiger partial charge is 0.314 e. The first kappa shape index (κ1) is 25.1. The lowest BCUT2D eigenvalue weighted by Gasteiger charge is -2.41. The first-order valence-electron chi connectivity index (χ1n) is 12.0. The molecule has 9 heteroatoms. The second-order valence-electron chi connectivity index (χ2n) is 9.20. The quantitative estimate of drug-likeness (QED) is 0.317. The maximum atomic E-state index is 12.7. The van der Waals surface area contributed by atoms with Gasteiger partial charge in [-0.3, -0.25) is 9.69 Å². The van der Waals surface area contributed by atoms with Gasteiger partial charge < -0.3 is 19.7 Å². The number of thiocarbonyl (C=S) groups is 1. The molecule has 8 nitrogen and oxygen atoms in total. The van der Waals surface area contributed by atoms with Crippen LogP contribution in [-0.2, 0) is 14.3 Å². The first-order chi connectivity index (χ1) is 16.9. The number of hydrogen-bond acceptors (Lipinski definition) is 8. The van der Waals surface area contributed by atoms with Crippen LogP contribution in [0.5, 0.6) is 0 Å². The minimum atomic E-state index is -0.340. The van der Waals surface area contributed by atoms with Gasteiger partial charge in [0.15, 0.2) is 0 Å². The van der Waals surface area contributed by atoms with E-state index in [1.54, 1.807) is 0 Å². The number of anilines is 2. The predicted octanol–water partition coefficient (Wildman–Crippen LogP) is 5.30. The van der Waals surface area contributed by atoms with Crippen LogP contribution >= 0.6 is 12.2 Å². The van der Waals surface area contributed by atoms with Crippen molar-refractivity contribution in [3.63, 3.8) is 0 Å². The lowest BCUT2D eigenvalue weighted by Crippen LogP contribution is -2.53. The molecule has 2 bridgehead atoms. The number of azo groups is 1. The summed E-state index contributed by atoms with van der Waals surface area (Å²) in [7, 11) is 6.08. The van der Waals surface area contributed by atoms with E-state index in [1.807, 2.05) is 74.4 Å². The molecule has 2 aliphatic rings. The Hall–Kier alpha value is -3.04. The molecule has 4 rings (SSSR count). The van der Waals surface area contributed by atoms with Crippen LogP contribution in [0.15, 0.2) is 58.8 Å². The molecule has 0 aliphatic carbocycles. The molecule has 35 heavy (non-hydrogen) atoms. The van der Waals surface area contributed by atoms with E-state index in [9.17, 15) is 4.79 Å². The molecule has 1 N–H and O–H groups in total. The van der Waals surface area contributed by atoms with Crippen LogP contribution in [-0.4, -0.2) is 62.0 Å². The molecule has 0 spiro atoms. The Kier molecular flexibility index (Phi) is 7.97. The van der Waals surface area contributed by atoms with E-state index >= 15 is 0 Å². The summed E-state index contributed by atoms with van der Waals surface area (Å²) in [5.41, 5.74) is 3.41. The van der Waals surface area contributed by atoms with Crippen molar-refractivity contribution in [2.75, 3.05) is 38.0 Å². The van der Waals surface area contributed by atoms with Gasteiger partial charge in [0.25, 0.3) is 5.17 Å². The van der Waals surface area contributed by atoms with E-state index in [-0.39, 0.29) is 29.2 Å². The highest BCUT2D eigenvalue weighted by Crippen LogP contribution is 2.40. The first-order valence-corrected chi connectivity index (χ1v) is 12.4. The Labute approximate surface area is 212 Å². The fourth-order valence-electron chi connectivity index (χ4n) is 4.92. The molecule has 2 aromatic rings. The molecule has 0 radical (unpaired) electrons. The van der Waals surface area contributed by atoms with Gasteiger partial charge in [0, 0.05) is 44.0 Å². The second-order valence-corrected chi connectivity index (χ2v) is 9.57. The van der Waals surface area contributed by atoms with Crippen molar-refractivity contribution in [2.45, 2.75) is 44.4 Å². The molecule has 2 heterocycles. The number of hydrogen-bond donors (Lipinski definition) is 1. The highest BCUT2D eigenvalue weighted by atomic mass is 32.1. The monoisotopic (exact) mass is 495 g/mol. The Balaban J connectivity index is 1.35. The number of benzene rings is 2. The van der Waals surface area contributed by atoms with Crippen molar-refractivity contribution in [3.8, 4) is 0 Å². The standard InChI is InChI=1S/C26H33N5O3S/c1-5-33-25(32)24-22-15-14-21(31(22)4)16-23(24)34-26(35)27-17-6-8-18(9-7-17)28-29-19-10-12-20(13-11-19)30(2)3/h6-13,21-24H,5,14-16H2,1-4H3,(H,27,35)/t21-,22+,23-,24+/m1/s1. The number of ether oxygens (including phenoxy) is 2. The summed E-state index contributed by atoms with van der Waals surface area (Å²) < 4.78 is 11.5. The fraction of sp³-hybridized carbons (Fsp3) is 0.462.